The summed E-state index contributed by atoms with van der Waals surface area (Å²) in [5, 5.41) is 15.8. The van der Waals surface area contributed by atoms with Crippen LogP contribution in [0.2, 0.25) is 0 Å². The summed E-state index contributed by atoms with van der Waals surface area (Å²) >= 11 is 0. The number of hydrogen-bond acceptors (Lipinski definition) is 6. The second kappa shape index (κ2) is 6.84. The number of fused-ring (bicyclic) bond motifs is 1. The lowest BCUT2D eigenvalue weighted by Gasteiger charge is -2.09. The monoisotopic (exact) mass is 348 g/mol. The van der Waals surface area contributed by atoms with Gasteiger partial charge in [-0.3, -0.25) is 4.79 Å². The Morgan fingerprint density at radius 3 is 2.85 bits per heavy atom. The molecule has 2 heterocycles. The van der Waals surface area contributed by atoms with Crippen molar-refractivity contribution in [3.8, 4) is 17.4 Å². The third kappa shape index (κ3) is 2.97. The maximum absolute atomic E-state index is 12.5. The number of hydrogen-bond donors (Lipinski definition) is 1. The summed E-state index contributed by atoms with van der Waals surface area (Å²) in [6.07, 6.45) is 5.30. The van der Waals surface area contributed by atoms with Crippen LogP contribution in [0.1, 0.15) is 45.9 Å². The number of carbonyl (C=O) groups excluding carboxylic acids is 1. The molecule has 0 aliphatic heterocycles. The fraction of sp³-hybridized carbons (Fsp3) is 0.263. The Hall–Kier alpha value is -3.40. The molecule has 7 nitrogen and oxygen atoms in total. The van der Waals surface area contributed by atoms with Gasteiger partial charge >= 0.3 is 0 Å². The zero-order chi connectivity index (χ0) is 17.9. The van der Waals surface area contributed by atoms with Crippen LogP contribution < -0.4 is 5.32 Å². The third-order valence-electron chi connectivity index (χ3n) is 4.51. The molecule has 0 spiro atoms. The average Bonchev–Trinajstić information content (AvgIpc) is 3.33. The summed E-state index contributed by atoms with van der Waals surface area (Å²) in [5.41, 5.74) is 3.31. The Morgan fingerprint density at radius 1 is 1.23 bits per heavy atom. The molecule has 3 aromatic rings. The predicted molar refractivity (Wildman–Crippen MR) is 91.0 cm³/mol. The summed E-state index contributed by atoms with van der Waals surface area (Å²) in [5.74, 6) is 0.958. The van der Waals surface area contributed by atoms with E-state index in [1.165, 1.54) is 6.39 Å². The number of carbonyl (C=O) groups is 1. The fourth-order valence-electron chi connectivity index (χ4n) is 3.14. The molecule has 0 atom stereocenters. The Bertz CT molecular complexity index is 979. The van der Waals surface area contributed by atoms with Crippen molar-refractivity contribution in [2.75, 3.05) is 0 Å². The van der Waals surface area contributed by atoms with Gasteiger partial charge in [0.25, 0.3) is 5.91 Å². The first kappa shape index (κ1) is 16.1. The van der Waals surface area contributed by atoms with Crippen LogP contribution in [-0.2, 0) is 19.4 Å². The van der Waals surface area contributed by atoms with Gasteiger partial charge in [0.2, 0.25) is 0 Å². The lowest BCUT2D eigenvalue weighted by molar-refractivity contribution is 0.0946. The predicted octanol–water partition coefficient (Wildman–Crippen LogP) is 3.01. The molecule has 0 bridgehead atoms. The van der Waals surface area contributed by atoms with E-state index in [2.05, 4.69) is 21.5 Å². The summed E-state index contributed by atoms with van der Waals surface area (Å²) in [6.45, 7) is 0.289. The topological polar surface area (TPSA) is 105 Å². The highest BCUT2D eigenvalue weighted by atomic mass is 16.5. The van der Waals surface area contributed by atoms with E-state index in [1.807, 2.05) is 0 Å². The van der Waals surface area contributed by atoms with E-state index in [0.29, 0.717) is 16.9 Å². The van der Waals surface area contributed by atoms with Crippen molar-refractivity contribution >= 4 is 5.91 Å². The molecule has 0 saturated heterocycles. The van der Waals surface area contributed by atoms with Gasteiger partial charge < -0.3 is 14.3 Å². The molecular weight excluding hydrogens is 332 g/mol. The van der Waals surface area contributed by atoms with E-state index >= 15 is 0 Å². The molecule has 2 aromatic heterocycles. The largest absolute Gasteiger partial charge is 0.443 e. The molecular formula is C19H16N4O3. The zero-order valence-electron chi connectivity index (χ0n) is 14.0. The molecule has 0 saturated carbocycles. The summed E-state index contributed by atoms with van der Waals surface area (Å²) < 4.78 is 10.7. The summed E-state index contributed by atoms with van der Waals surface area (Å²) in [7, 11) is 0. The van der Waals surface area contributed by atoms with Gasteiger partial charge in [-0.1, -0.05) is 5.16 Å². The number of nitrogens with one attached hydrogen (secondary N) is 1. The molecule has 130 valence electrons. The van der Waals surface area contributed by atoms with E-state index in [9.17, 15) is 4.79 Å². The van der Waals surface area contributed by atoms with Gasteiger partial charge in [-0.25, -0.2) is 4.98 Å². The zero-order valence-corrected chi connectivity index (χ0v) is 14.0. The number of amides is 1. The highest BCUT2D eigenvalue weighted by Crippen LogP contribution is 2.25. The van der Waals surface area contributed by atoms with Crippen molar-refractivity contribution in [2.45, 2.75) is 32.2 Å². The molecule has 0 unspecified atom stereocenters. The molecule has 1 N–H and O–H groups in total. The van der Waals surface area contributed by atoms with Crippen LogP contribution in [0.3, 0.4) is 0 Å². The third-order valence-corrected chi connectivity index (χ3v) is 4.51. The maximum Gasteiger partial charge on any atom is 0.274 e. The molecule has 4 rings (SSSR count). The van der Waals surface area contributed by atoms with Crippen molar-refractivity contribution in [3.63, 3.8) is 0 Å². The van der Waals surface area contributed by atoms with Gasteiger partial charge in [0.05, 0.1) is 18.2 Å². The van der Waals surface area contributed by atoms with Crippen LogP contribution in [0.15, 0.2) is 39.6 Å². The Labute approximate surface area is 149 Å². The van der Waals surface area contributed by atoms with Crippen LogP contribution in [0, 0.1) is 11.3 Å². The van der Waals surface area contributed by atoms with E-state index in [1.54, 1.807) is 24.3 Å². The Kier molecular flexibility index (Phi) is 4.23. The van der Waals surface area contributed by atoms with Gasteiger partial charge in [-0.05, 0) is 43.5 Å². The number of benzene rings is 1. The molecule has 7 heteroatoms. The second-order valence-corrected chi connectivity index (χ2v) is 6.14. The number of oxazole rings is 1. The number of nitrogens with zero attached hydrogens (tertiary/aromatic N) is 3. The van der Waals surface area contributed by atoms with Gasteiger partial charge in [-0.15, -0.1) is 0 Å². The molecule has 1 aromatic carbocycles. The lowest BCUT2D eigenvalue weighted by Crippen LogP contribution is -2.24. The molecule has 1 aliphatic carbocycles. The van der Waals surface area contributed by atoms with Crippen molar-refractivity contribution in [1.82, 2.24) is 15.5 Å². The Balaban J connectivity index is 1.50. The Morgan fingerprint density at radius 2 is 2.04 bits per heavy atom. The van der Waals surface area contributed by atoms with Crippen molar-refractivity contribution in [2.24, 2.45) is 0 Å². The van der Waals surface area contributed by atoms with Crippen LogP contribution in [-0.4, -0.2) is 16.0 Å². The molecule has 0 radical (unpaired) electrons. The van der Waals surface area contributed by atoms with Crippen molar-refractivity contribution in [3.05, 3.63) is 58.9 Å². The van der Waals surface area contributed by atoms with Crippen molar-refractivity contribution in [1.29, 1.82) is 5.26 Å². The van der Waals surface area contributed by atoms with Gasteiger partial charge in [0.1, 0.15) is 11.5 Å². The number of rotatable bonds is 4. The number of aryl methyl sites for hydroxylation is 1. The first-order chi connectivity index (χ1) is 12.8. The fourth-order valence-corrected chi connectivity index (χ4v) is 3.14. The summed E-state index contributed by atoms with van der Waals surface area (Å²) in [4.78, 5) is 16.6. The lowest BCUT2D eigenvalue weighted by atomic mass is 9.96. The normalized spacial score (nSPS) is 13.0. The highest BCUT2D eigenvalue weighted by molar-refractivity contribution is 5.97. The van der Waals surface area contributed by atoms with E-state index in [0.717, 1.165) is 42.7 Å². The first-order valence-electron chi connectivity index (χ1n) is 8.45. The minimum Gasteiger partial charge on any atom is -0.443 e. The maximum atomic E-state index is 12.5. The standard InChI is InChI=1S/C19H16N4O3/c20-9-12-5-7-13(8-6-12)18-17(22-11-25-18)19(24)21-10-15-14-3-1-2-4-16(14)26-23-15/h5-8,11H,1-4,10H2,(H,21,24). The number of nitriles is 1. The van der Waals surface area contributed by atoms with Crippen LogP contribution >= 0.6 is 0 Å². The average molecular weight is 348 g/mol. The minimum atomic E-state index is -0.342. The summed E-state index contributed by atoms with van der Waals surface area (Å²) in [6, 6.07) is 8.84. The SMILES string of the molecule is N#Cc1ccc(-c2ocnc2C(=O)NCc2noc3c2CCCC3)cc1. The van der Waals surface area contributed by atoms with Crippen LogP contribution in [0.5, 0.6) is 0 Å². The van der Waals surface area contributed by atoms with Crippen LogP contribution in [0.4, 0.5) is 0 Å². The van der Waals surface area contributed by atoms with Crippen LogP contribution in [0.25, 0.3) is 11.3 Å². The number of aromatic nitrogens is 2. The molecule has 1 amide bonds. The first-order valence-corrected chi connectivity index (χ1v) is 8.45. The van der Waals surface area contributed by atoms with E-state index in [-0.39, 0.29) is 18.1 Å². The van der Waals surface area contributed by atoms with Gasteiger partial charge in [-0.2, -0.15) is 5.26 Å². The van der Waals surface area contributed by atoms with E-state index < -0.39 is 0 Å². The quantitative estimate of drug-likeness (QED) is 0.777. The molecule has 0 fully saturated rings. The van der Waals surface area contributed by atoms with E-state index in [4.69, 9.17) is 14.2 Å². The highest BCUT2D eigenvalue weighted by Gasteiger charge is 2.22. The molecule has 26 heavy (non-hydrogen) atoms. The molecule has 1 aliphatic rings. The smallest absolute Gasteiger partial charge is 0.274 e. The van der Waals surface area contributed by atoms with Gasteiger partial charge in [0, 0.05) is 17.5 Å². The second-order valence-electron chi connectivity index (χ2n) is 6.14. The minimum absolute atomic E-state index is 0.201. The van der Waals surface area contributed by atoms with Gasteiger partial charge in [0.15, 0.2) is 17.8 Å². The van der Waals surface area contributed by atoms with Crippen molar-refractivity contribution < 1.29 is 13.7 Å².